The highest BCUT2D eigenvalue weighted by atomic mass is 35.5. The summed E-state index contributed by atoms with van der Waals surface area (Å²) in [5.41, 5.74) is -0.964. The highest BCUT2D eigenvalue weighted by Gasteiger charge is 2.70. The van der Waals surface area contributed by atoms with Crippen LogP contribution in [0, 0.1) is 40.4 Å². The first-order chi connectivity index (χ1) is 12.6. The van der Waals surface area contributed by atoms with E-state index in [-0.39, 0.29) is 34.7 Å². The van der Waals surface area contributed by atoms with Crippen LogP contribution in [0.3, 0.4) is 0 Å². The molecule has 5 heteroatoms. The van der Waals surface area contributed by atoms with E-state index >= 15 is 0 Å². The Morgan fingerprint density at radius 1 is 1.15 bits per heavy atom. The molecule has 5 rings (SSSR count). The number of hydrogen-bond donors (Lipinski definition) is 1. The van der Waals surface area contributed by atoms with Gasteiger partial charge in [0, 0.05) is 21.8 Å². The summed E-state index contributed by atoms with van der Waals surface area (Å²) in [5.74, 6) is 1.14. The van der Waals surface area contributed by atoms with Crippen molar-refractivity contribution < 1.29 is 14.7 Å². The molecule has 0 aromatic rings. The molecule has 0 amide bonds. The lowest BCUT2D eigenvalue weighted by Crippen LogP contribution is -2.57. The zero-order valence-electron chi connectivity index (χ0n) is 16.0. The lowest BCUT2D eigenvalue weighted by atomic mass is 9.47. The summed E-state index contributed by atoms with van der Waals surface area (Å²) in [6, 6.07) is 0. The standard InChI is InChI=1S/C22H26Cl2O3/c1-10(25)22(27)7-5-13-11-9-16(23)17-18(24)19(26)12-8-15(12)21(17,3)14(11)4-6-20(13,22)2/h9,11-15,27H,4-8H2,1-3H3/t11-,12+,13-,14-,15-,20-,21-,22-/m0/s1. The van der Waals surface area contributed by atoms with Gasteiger partial charge >= 0.3 is 0 Å². The molecule has 0 aliphatic heterocycles. The second kappa shape index (κ2) is 5.29. The summed E-state index contributed by atoms with van der Waals surface area (Å²) >= 11 is 13.3. The van der Waals surface area contributed by atoms with E-state index in [1.165, 1.54) is 6.92 Å². The van der Waals surface area contributed by atoms with E-state index in [1.807, 2.05) is 0 Å². The summed E-state index contributed by atoms with van der Waals surface area (Å²) in [5, 5.41) is 12.2. The van der Waals surface area contributed by atoms with Crippen LogP contribution < -0.4 is 0 Å². The normalized spacial score (nSPS) is 53.2. The zero-order chi connectivity index (χ0) is 19.5. The number of hydrogen-bond acceptors (Lipinski definition) is 3. The molecule has 3 nitrogen and oxygen atoms in total. The highest BCUT2D eigenvalue weighted by Crippen LogP contribution is 2.73. The molecule has 5 aliphatic carbocycles. The molecule has 0 saturated heterocycles. The topological polar surface area (TPSA) is 54.4 Å². The van der Waals surface area contributed by atoms with E-state index in [9.17, 15) is 14.7 Å². The van der Waals surface area contributed by atoms with Crippen molar-refractivity contribution in [2.45, 2.75) is 58.5 Å². The third-order valence-electron chi connectivity index (χ3n) is 9.29. The first-order valence-electron chi connectivity index (χ1n) is 10.1. The maximum absolute atomic E-state index is 12.5. The predicted octanol–water partition coefficient (Wildman–Crippen LogP) is 4.60. The van der Waals surface area contributed by atoms with Crippen LogP contribution in [0.1, 0.15) is 52.9 Å². The number of carbonyl (C=O) groups excluding carboxylic acids is 2. The van der Waals surface area contributed by atoms with E-state index in [4.69, 9.17) is 23.2 Å². The van der Waals surface area contributed by atoms with Crippen molar-refractivity contribution in [2.75, 3.05) is 0 Å². The number of rotatable bonds is 1. The smallest absolute Gasteiger partial charge is 0.177 e. The quantitative estimate of drug-likeness (QED) is 0.689. The average Bonchev–Trinajstić information content (AvgIpc) is 3.35. The lowest BCUT2D eigenvalue weighted by Gasteiger charge is -2.57. The number of carbonyl (C=O) groups is 2. The van der Waals surface area contributed by atoms with E-state index < -0.39 is 11.0 Å². The molecule has 0 bridgehead atoms. The van der Waals surface area contributed by atoms with Crippen LogP contribution in [-0.2, 0) is 9.59 Å². The van der Waals surface area contributed by atoms with Gasteiger partial charge < -0.3 is 5.11 Å². The number of Topliss-reactive ketones (excluding diaryl/α,β-unsaturated/α-hetero) is 2. The number of allylic oxidation sites excluding steroid dienone is 4. The second-order valence-corrected chi connectivity index (χ2v) is 10.8. The van der Waals surface area contributed by atoms with Gasteiger partial charge in [0.25, 0.3) is 0 Å². The summed E-state index contributed by atoms with van der Waals surface area (Å²) in [6.45, 7) is 5.87. The second-order valence-electron chi connectivity index (χ2n) is 10.0. The minimum atomic E-state index is -1.23. The number of fused-ring (bicyclic) bond motifs is 7. The van der Waals surface area contributed by atoms with Gasteiger partial charge in [0.1, 0.15) is 5.60 Å². The van der Waals surface area contributed by atoms with Crippen LogP contribution in [-0.4, -0.2) is 22.3 Å². The number of ketones is 2. The highest BCUT2D eigenvalue weighted by molar-refractivity contribution is 6.46. The molecule has 27 heavy (non-hydrogen) atoms. The molecule has 0 heterocycles. The van der Waals surface area contributed by atoms with Crippen LogP contribution in [0.5, 0.6) is 0 Å². The van der Waals surface area contributed by atoms with Crippen LogP contribution in [0.25, 0.3) is 0 Å². The Morgan fingerprint density at radius 2 is 1.81 bits per heavy atom. The monoisotopic (exact) mass is 408 g/mol. The first-order valence-corrected chi connectivity index (χ1v) is 10.9. The van der Waals surface area contributed by atoms with Gasteiger partial charge in [-0.05, 0) is 68.3 Å². The Kier molecular flexibility index (Phi) is 3.60. The largest absolute Gasteiger partial charge is 0.382 e. The molecule has 3 saturated carbocycles. The Labute approximate surface area is 170 Å². The Morgan fingerprint density at radius 3 is 2.48 bits per heavy atom. The van der Waals surface area contributed by atoms with Gasteiger partial charge in [0.05, 0.1) is 5.03 Å². The molecule has 8 atom stereocenters. The average molecular weight is 409 g/mol. The number of halogens is 2. The van der Waals surface area contributed by atoms with Crippen LogP contribution in [0.2, 0.25) is 0 Å². The fourth-order valence-corrected chi connectivity index (χ4v) is 8.59. The maximum atomic E-state index is 12.5. The third kappa shape index (κ3) is 1.94. The van der Waals surface area contributed by atoms with Crippen molar-refractivity contribution in [1.82, 2.24) is 0 Å². The van der Waals surface area contributed by atoms with Gasteiger partial charge in [0.2, 0.25) is 0 Å². The Hall–Kier alpha value is -0.640. The molecular weight excluding hydrogens is 383 g/mol. The third-order valence-corrected chi connectivity index (χ3v) is 9.98. The van der Waals surface area contributed by atoms with Crippen molar-refractivity contribution in [3.8, 4) is 0 Å². The minimum absolute atomic E-state index is 0.0560. The van der Waals surface area contributed by atoms with Gasteiger partial charge in [-0.25, -0.2) is 0 Å². The fourth-order valence-electron chi connectivity index (χ4n) is 7.65. The summed E-state index contributed by atoms with van der Waals surface area (Å²) in [6.07, 6.45) is 6.12. The van der Waals surface area contributed by atoms with Gasteiger partial charge in [-0.1, -0.05) is 43.1 Å². The van der Waals surface area contributed by atoms with Crippen molar-refractivity contribution >= 4 is 34.8 Å². The SMILES string of the molecule is CC(=O)[C@@]1(O)CC[C@H]2[C@@H]3C=C(Cl)C4=C(Cl)C(=O)[C@@H]5C[C@@H]5[C@]4(C)[C@H]3CC[C@@]21C. The first kappa shape index (κ1) is 18.4. The van der Waals surface area contributed by atoms with Crippen LogP contribution >= 0.6 is 23.2 Å². The maximum Gasteiger partial charge on any atom is 0.177 e. The molecule has 3 fully saturated rings. The molecule has 5 aliphatic rings. The van der Waals surface area contributed by atoms with E-state index in [2.05, 4.69) is 19.9 Å². The van der Waals surface area contributed by atoms with Crippen molar-refractivity contribution in [1.29, 1.82) is 0 Å². The molecule has 0 aromatic heterocycles. The fraction of sp³-hybridized carbons (Fsp3) is 0.727. The summed E-state index contributed by atoms with van der Waals surface area (Å²) in [4.78, 5) is 24.8. The number of aliphatic hydroxyl groups is 1. The van der Waals surface area contributed by atoms with E-state index in [1.54, 1.807) is 0 Å². The molecule has 146 valence electrons. The van der Waals surface area contributed by atoms with E-state index in [0.29, 0.717) is 28.3 Å². The minimum Gasteiger partial charge on any atom is -0.382 e. The predicted molar refractivity (Wildman–Crippen MR) is 104 cm³/mol. The van der Waals surface area contributed by atoms with Gasteiger partial charge in [-0.15, -0.1) is 0 Å². The molecule has 0 aromatic carbocycles. The van der Waals surface area contributed by atoms with Gasteiger partial charge in [-0.2, -0.15) is 0 Å². The zero-order valence-corrected chi connectivity index (χ0v) is 17.5. The lowest BCUT2D eigenvalue weighted by molar-refractivity contribution is -0.157. The summed E-state index contributed by atoms with van der Waals surface area (Å²) in [7, 11) is 0. The van der Waals surface area contributed by atoms with Crippen molar-refractivity contribution in [2.24, 2.45) is 40.4 Å². The Bertz CT molecular complexity index is 844. The molecule has 1 N–H and O–H groups in total. The van der Waals surface area contributed by atoms with Gasteiger partial charge in [-0.3, -0.25) is 9.59 Å². The molecular formula is C22H26Cl2O3. The van der Waals surface area contributed by atoms with E-state index in [0.717, 1.165) is 31.3 Å². The Balaban J connectivity index is 1.64. The van der Waals surface area contributed by atoms with Crippen molar-refractivity contribution in [3.05, 3.63) is 21.7 Å². The summed E-state index contributed by atoms with van der Waals surface area (Å²) < 4.78 is 0. The molecule has 0 spiro atoms. The van der Waals surface area contributed by atoms with Crippen LogP contribution in [0.4, 0.5) is 0 Å². The van der Waals surface area contributed by atoms with Crippen molar-refractivity contribution in [3.63, 3.8) is 0 Å². The molecule has 0 unspecified atom stereocenters. The molecule has 0 radical (unpaired) electrons. The van der Waals surface area contributed by atoms with Crippen LogP contribution in [0.15, 0.2) is 21.7 Å². The van der Waals surface area contributed by atoms with Gasteiger partial charge in [0.15, 0.2) is 11.6 Å².